The standard InChI is InChI=1S/C32H36N4O4.C25H29N3O5/c1-22(2)40-28-18-25-26(19-27(28)39-3)34-31(35-29(25)37)36-16-14-32(15-17-36,20-23-10-6-4-7-11-23)30(38)33-21-24-12-8-5-9-13-24;1-16(2)33-21-14-19-18(13-20(21)32-3)22(29)27-24(26-19)28-11-9-25(10-12-28,23(30)31)15-17-7-5-4-6-8-17/h4-13,18-19,22H,14-17,20-21H2,1-3H3,(H,33,38)(H,34,35,37);4-8,13-14,16H,9-12,15H2,1-3H3,(H,30,31)(H,26,27,29). The minimum Gasteiger partial charge on any atom is -0.493 e. The monoisotopic (exact) mass is 991 g/mol. The van der Waals surface area contributed by atoms with Gasteiger partial charge in [0, 0.05) is 44.9 Å². The predicted octanol–water partition coefficient (Wildman–Crippen LogP) is 8.50. The molecule has 0 saturated carbocycles. The smallest absolute Gasteiger partial charge is 0.310 e. The van der Waals surface area contributed by atoms with Crippen molar-refractivity contribution in [3.05, 3.63) is 153 Å². The number of piperidine rings is 2. The van der Waals surface area contributed by atoms with E-state index in [9.17, 15) is 24.3 Å². The SMILES string of the molecule is COc1cc2c(=O)[nH]c(N3CCC(Cc4ccccc4)(C(=O)O)CC3)nc2cc1OC(C)C.COc1cc2nc(N3CCC(Cc4ccccc4)(C(=O)NCc4ccccc4)CC3)[nH]c(=O)c2cc1OC(C)C. The van der Waals surface area contributed by atoms with Crippen molar-refractivity contribution in [3.63, 3.8) is 0 Å². The number of carbonyl (C=O) groups excluding carboxylic acids is 1. The minimum atomic E-state index is -0.833. The van der Waals surface area contributed by atoms with Gasteiger partial charge in [0.05, 0.1) is 59.1 Å². The lowest BCUT2D eigenvalue weighted by atomic mass is 9.73. The first-order valence-electron chi connectivity index (χ1n) is 24.9. The number of amides is 1. The predicted molar refractivity (Wildman–Crippen MR) is 283 cm³/mol. The second kappa shape index (κ2) is 22.7. The van der Waals surface area contributed by atoms with E-state index in [4.69, 9.17) is 23.9 Å². The number of ether oxygens (including phenoxy) is 4. The van der Waals surface area contributed by atoms with Crippen LogP contribution in [-0.4, -0.2) is 89.5 Å². The largest absolute Gasteiger partial charge is 0.493 e. The summed E-state index contributed by atoms with van der Waals surface area (Å²) in [5.74, 6) is 2.24. The lowest BCUT2D eigenvalue weighted by Gasteiger charge is -2.41. The number of hydrogen-bond donors (Lipinski definition) is 4. The van der Waals surface area contributed by atoms with E-state index in [0.717, 1.165) is 16.7 Å². The number of methoxy groups -OCH3 is 2. The van der Waals surface area contributed by atoms with Crippen LogP contribution >= 0.6 is 0 Å². The third kappa shape index (κ3) is 12.1. The van der Waals surface area contributed by atoms with Gasteiger partial charge in [0.2, 0.25) is 17.8 Å². The molecule has 5 aromatic carbocycles. The summed E-state index contributed by atoms with van der Waals surface area (Å²) in [6, 6.07) is 36.6. The number of nitrogens with one attached hydrogen (secondary N) is 3. The Hall–Kier alpha value is -7.88. The average Bonchev–Trinajstić information content (AvgIpc) is 3.38. The molecule has 2 aromatic heterocycles. The number of benzene rings is 5. The van der Waals surface area contributed by atoms with Crippen molar-refractivity contribution in [1.82, 2.24) is 25.3 Å². The zero-order chi connectivity index (χ0) is 51.7. The van der Waals surface area contributed by atoms with Gasteiger partial charge in [-0.25, -0.2) is 9.97 Å². The first kappa shape index (κ1) is 51.5. The van der Waals surface area contributed by atoms with Crippen LogP contribution in [0.15, 0.2) is 125 Å². The van der Waals surface area contributed by atoms with Crippen molar-refractivity contribution < 1.29 is 33.6 Å². The Kier molecular flexibility index (Phi) is 16.0. The number of aliphatic carboxylic acids is 1. The van der Waals surface area contributed by atoms with E-state index < -0.39 is 16.8 Å². The highest BCUT2D eigenvalue weighted by molar-refractivity contribution is 5.85. The van der Waals surface area contributed by atoms with Gasteiger partial charge in [0.1, 0.15) is 0 Å². The quantitative estimate of drug-likeness (QED) is 0.0719. The molecule has 73 heavy (non-hydrogen) atoms. The van der Waals surface area contributed by atoms with Crippen molar-refractivity contribution in [2.24, 2.45) is 10.8 Å². The molecular formula is C57H65N7O9. The number of anilines is 2. The third-order valence-corrected chi connectivity index (χ3v) is 13.7. The number of rotatable bonds is 16. The van der Waals surface area contributed by atoms with E-state index >= 15 is 0 Å². The van der Waals surface area contributed by atoms with E-state index in [1.54, 1.807) is 31.4 Å². The highest BCUT2D eigenvalue weighted by Crippen LogP contribution is 2.39. The summed E-state index contributed by atoms with van der Waals surface area (Å²) in [7, 11) is 3.10. The molecule has 1 amide bonds. The molecule has 0 atom stereocenters. The highest BCUT2D eigenvalue weighted by atomic mass is 16.5. The van der Waals surface area contributed by atoms with Crippen molar-refractivity contribution in [2.75, 3.05) is 50.2 Å². The molecule has 0 unspecified atom stereocenters. The Morgan fingerprint density at radius 1 is 0.589 bits per heavy atom. The summed E-state index contributed by atoms with van der Waals surface area (Å²) in [5.41, 5.74) is 2.35. The van der Waals surface area contributed by atoms with Crippen LogP contribution in [0.4, 0.5) is 11.9 Å². The number of H-pyrrole nitrogens is 2. The van der Waals surface area contributed by atoms with Crippen molar-refractivity contribution >= 4 is 45.6 Å². The van der Waals surface area contributed by atoms with Gasteiger partial charge in [-0.05, 0) is 95.0 Å². The molecule has 0 radical (unpaired) electrons. The van der Waals surface area contributed by atoms with Gasteiger partial charge in [-0.2, -0.15) is 0 Å². The second-order valence-corrected chi connectivity index (χ2v) is 19.5. The second-order valence-electron chi connectivity index (χ2n) is 19.5. The first-order valence-corrected chi connectivity index (χ1v) is 24.9. The maximum atomic E-state index is 13.7. The van der Waals surface area contributed by atoms with Gasteiger partial charge in [-0.1, -0.05) is 91.0 Å². The average molecular weight is 992 g/mol. The number of nitrogens with zero attached hydrogens (tertiary/aromatic N) is 4. The van der Waals surface area contributed by atoms with E-state index in [-0.39, 0.29) is 29.2 Å². The first-order chi connectivity index (χ1) is 35.2. The van der Waals surface area contributed by atoms with Gasteiger partial charge < -0.3 is 39.2 Å². The Labute approximate surface area is 424 Å². The Balaban J connectivity index is 0.000000199. The molecule has 4 heterocycles. The number of carbonyl (C=O) groups is 2. The molecule has 4 N–H and O–H groups in total. The summed E-state index contributed by atoms with van der Waals surface area (Å²) in [6.45, 7) is 10.3. The minimum absolute atomic E-state index is 0.0576. The van der Waals surface area contributed by atoms with E-state index in [1.807, 2.05) is 111 Å². The van der Waals surface area contributed by atoms with Crippen LogP contribution in [0.25, 0.3) is 21.8 Å². The molecule has 382 valence electrons. The van der Waals surface area contributed by atoms with Gasteiger partial charge >= 0.3 is 5.97 Å². The van der Waals surface area contributed by atoms with E-state index in [1.165, 1.54) is 7.11 Å². The van der Waals surface area contributed by atoms with Crippen LogP contribution in [0.5, 0.6) is 23.0 Å². The van der Waals surface area contributed by atoms with Crippen LogP contribution in [0.3, 0.4) is 0 Å². The van der Waals surface area contributed by atoms with Gasteiger partial charge in [0.15, 0.2) is 23.0 Å². The molecule has 0 aliphatic carbocycles. The van der Waals surface area contributed by atoms with Crippen LogP contribution in [0.1, 0.15) is 70.1 Å². The Bertz CT molecular complexity index is 3130. The Morgan fingerprint density at radius 2 is 0.973 bits per heavy atom. The molecule has 2 saturated heterocycles. The zero-order valence-electron chi connectivity index (χ0n) is 42.4. The summed E-state index contributed by atoms with van der Waals surface area (Å²) in [4.78, 5) is 71.1. The van der Waals surface area contributed by atoms with E-state index in [2.05, 4.69) is 37.3 Å². The lowest BCUT2D eigenvalue weighted by Crippen LogP contribution is -2.50. The van der Waals surface area contributed by atoms with Crippen LogP contribution in [-0.2, 0) is 29.0 Å². The number of carboxylic acid groups (broad SMARTS) is 1. The number of hydrogen-bond acceptors (Lipinski definition) is 12. The number of fused-ring (bicyclic) bond motifs is 2. The summed E-state index contributed by atoms with van der Waals surface area (Å²) in [6.07, 6.45) is 3.20. The molecule has 16 heteroatoms. The summed E-state index contributed by atoms with van der Waals surface area (Å²) >= 11 is 0. The third-order valence-electron chi connectivity index (χ3n) is 13.7. The van der Waals surface area contributed by atoms with Crippen LogP contribution < -0.4 is 45.2 Å². The maximum absolute atomic E-state index is 13.7. The normalized spacial score (nSPS) is 15.1. The fourth-order valence-corrected chi connectivity index (χ4v) is 9.76. The summed E-state index contributed by atoms with van der Waals surface area (Å²) < 4.78 is 22.5. The molecule has 9 rings (SSSR count). The molecular weight excluding hydrogens is 927 g/mol. The van der Waals surface area contributed by atoms with Crippen LogP contribution in [0.2, 0.25) is 0 Å². The maximum Gasteiger partial charge on any atom is 0.310 e. The lowest BCUT2D eigenvalue weighted by molar-refractivity contribution is -0.150. The Morgan fingerprint density at radius 3 is 1.41 bits per heavy atom. The topological polar surface area (TPSA) is 201 Å². The van der Waals surface area contributed by atoms with Crippen molar-refractivity contribution in [3.8, 4) is 23.0 Å². The molecule has 2 fully saturated rings. The number of aromatic amines is 2. The van der Waals surface area contributed by atoms with E-state index in [0.29, 0.717) is 128 Å². The molecule has 7 aromatic rings. The fourth-order valence-electron chi connectivity index (χ4n) is 9.76. The van der Waals surface area contributed by atoms with Gasteiger partial charge in [-0.15, -0.1) is 0 Å². The highest BCUT2D eigenvalue weighted by Gasteiger charge is 2.43. The van der Waals surface area contributed by atoms with Gasteiger partial charge in [-0.3, -0.25) is 29.1 Å². The number of carboxylic acids is 1. The molecule has 0 spiro atoms. The van der Waals surface area contributed by atoms with Crippen molar-refractivity contribution in [1.29, 1.82) is 0 Å². The number of aromatic nitrogens is 4. The molecule has 0 bridgehead atoms. The molecule has 16 nitrogen and oxygen atoms in total. The van der Waals surface area contributed by atoms with Crippen molar-refractivity contribution in [2.45, 2.75) is 85.0 Å². The zero-order valence-corrected chi connectivity index (χ0v) is 42.4. The molecule has 2 aliphatic heterocycles. The van der Waals surface area contributed by atoms with Crippen LogP contribution in [0, 0.1) is 10.8 Å². The van der Waals surface area contributed by atoms with Gasteiger partial charge in [0.25, 0.3) is 11.1 Å². The molecule has 2 aliphatic rings. The summed E-state index contributed by atoms with van der Waals surface area (Å²) in [5, 5.41) is 14.1. The fraction of sp³-hybridized carbons (Fsp3) is 0.368.